The number of carbonyl (C=O) groups excluding carboxylic acids is 2. The zero-order valence-electron chi connectivity index (χ0n) is 19.9. The largest absolute Gasteiger partial charge is 0.422 e. The Morgan fingerprint density at radius 2 is 1.65 bits per heavy atom. The standard InChI is InChI=1S/C30H22ClN3O3/c1-19-11-13-21(14-12-19)30(36)37-26-10-6-5-9-22(26)18-32-34-29(35)28-27(20-7-3-2-4-8-20)24-17-23(31)15-16-25(24)33-28/h2-18,33H,1H3,(H,34,35). The second-order valence-corrected chi connectivity index (χ2v) is 8.86. The van der Waals surface area contributed by atoms with E-state index in [0.29, 0.717) is 27.6 Å². The van der Waals surface area contributed by atoms with Crippen LogP contribution in [0.25, 0.3) is 22.0 Å². The third-order valence-corrected chi connectivity index (χ3v) is 6.06. The second-order valence-electron chi connectivity index (χ2n) is 8.42. The van der Waals surface area contributed by atoms with E-state index in [1.807, 2.05) is 61.5 Å². The lowest BCUT2D eigenvalue weighted by atomic mass is 10.0. The maximum absolute atomic E-state index is 13.2. The van der Waals surface area contributed by atoms with Crippen LogP contribution in [0, 0.1) is 6.92 Å². The lowest BCUT2D eigenvalue weighted by Crippen LogP contribution is -2.19. The molecule has 7 heteroatoms. The zero-order chi connectivity index (χ0) is 25.8. The molecule has 0 fully saturated rings. The molecule has 0 radical (unpaired) electrons. The summed E-state index contributed by atoms with van der Waals surface area (Å²) in [5.41, 5.74) is 7.36. The molecular formula is C30H22ClN3O3. The number of hydrogen-bond acceptors (Lipinski definition) is 4. The Morgan fingerprint density at radius 3 is 2.43 bits per heavy atom. The number of aromatic nitrogens is 1. The monoisotopic (exact) mass is 507 g/mol. The topological polar surface area (TPSA) is 83.5 Å². The summed E-state index contributed by atoms with van der Waals surface area (Å²) >= 11 is 6.24. The van der Waals surface area contributed by atoms with E-state index in [2.05, 4.69) is 15.5 Å². The Balaban J connectivity index is 1.38. The summed E-state index contributed by atoms with van der Waals surface area (Å²) < 4.78 is 5.58. The average molecular weight is 508 g/mol. The minimum Gasteiger partial charge on any atom is -0.422 e. The van der Waals surface area contributed by atoms with Gasteiger partial charge >= 0.3 is 5.97 Å². The van der Waals surface area contributed by atoms with Gasteiger partial charge in [-0.15, -0.1) is 0 Å². The van der Waals surface area contributed by atoms with Crippen molar-refractivity contribution in [2.24, 2.45) is 5.10 Å². The molecule has 5 rings (SSSR count). The Bertz CT molecular complexity index is 1620. The number of ether oxygens (including phenoxy) is 1. The molecule has 6 nitrogen and oxygen atoms in total. The normalized spacial score (nSPS) is 11.1. The Hall–Kier alpha value is -4.68. The van der Waals surface area contributed by atoms with Gasteiger partial charge in [-0.1, -0.05) is 71.8 Å². The molecule has 37 heavy (non-hydrogen) atoms. The van der Waals surface area contributed by atoms with E-state index in [0.717, 1.165) is 27.6 Å². The summed E-state index contributed by atoms with van der Waals surface area (Å²) in [6.45, 7) is 1.95. The number of benzene rings is 4. The Morgan fingerprint density at radius 1 is 0.919 bits per heavy atom. The molecule has 2 N–H and O–H groups in total. The number of carbonyl (C=O) groups is 2. The zero-order valence-corrected chi connectivity index (χ0v) is 20.6. The van der Waals surface area contributed by atoms with Crippen molar-refractivity contribution in [3.8, 4) is 16.9 Å². The minimum atomic E-state index is -0.478. The van der Waals surface area contributed by atoms with Gasteiger partial charge in [0.1, 0.15) is 11.4 Å². The van der Waals surface area contributed by atoms with Crippen molar-refractivity contribution in [3.05, 3.63) is 124 Å². The fourth-order valence-corrected chi connectivity index (χ4v) is 4.16. The van der Waals surface area contributed by atoms with Gasteiger partial charge in [0, 0.05) is 27.1 Å². The van der Waals surface area contributed by atoms with Gasteiger partial charge in [-0.05, 0) is 55.0 Å². The highest BCUT2D eigenvalue weighted by atomic mass is 35.5. The highest BCUT2D eigenvalue weighted by Crippen LogP contribution is 2.34. The van der Waals surface area contributed by atoms with Crippen molar-refractivity contribution in [1.82, 2.24) is 10.4 Å². The van der Waals surface area contributed by atoms with Gasteiger partial charge in [-0.3, -0.25) is 4.79 Å². The fourth-order valence-electron chi connectivity index (χ4n) is 3.98. The first-order valence-corrected chi connectivity index (χ1v) is 12.0. The molecule has 1 heterocycles. The van der Waals surface area contributed by atoms with Crippen molar-refractivity contribution in [1.29, 1.82) is 0 Å². The van der Waals surface area contributed by atoms with Crippen molar-refractivity contribution < 1.29 is 14.3 Å². The van der Waals surface area contributed by atoms with Crippen LogP contribution in [0.2, 0.25) is 5.02 Å². The SMILES string of the molecule is Cc1ccc(C(=O)Oc2ccccc2C=NNC(=O)c2[nH]c3ccc(Cl)cc3c2-c2ccccc2)cc1. The van der Waals surface area contributed by atoms with Crippen LogP contribution in [0.15, 0.2) is 102 Å². The number of halogens is 1. The quantitative estimate of drug-likeness (QED) is 0.115. The first-order chi connectivity index (χ1) is 18.0. The number of esters is 1. The summed E-state index contributed by atoms with van der Waals surface area (Å²) in [5.74, 6) is -0.568. The highest BCUT2D eigenvalue weighted by Gasteiger charge is 2.19. The maximum Gasteiger partial charge on any atom is 0.343 e. The Kier molecular flexibility index (Phi) is 6.83. The molecule has 182 valence electrons. The van der Waals surface area contributed by atoms with Gasteiger partial charge in [-0.2, -0.15) is 5.10 Å². The van der Waals surface area contributed by atoms with Crippen molar-refractivity contribution >= 4 is 40.6 Å². The summed E-state index contributed by atoms with van der Waals surface area (Å²) in [6, 6.07) is 29.1. The molecule has 0 atom stereocenters. The van der Waals surface area contributed by atoms with E-state index in [1.54, 1.807) is 42.5 Å². The molecule has 0 unspecified atom stereocenters. The third kappa shape index (κ3) is 5.29. The third-order valence-electron chi connectivity index (χ3n) is 5.83. The van der Waals surface area contributed by atoms with Gasteiger partial charge < -0.3 is 9.72 Å². The predicted octanol–water partition coefficient (Wildman–Crippen LogP) is 6.78. The Labute approximate surface area is 218 Å². The molecule has 0 spiro atoms. The molecule has 4 aromatic carbocycles. The van der Waals surface area contributed by atoms with Gasteiger partial charge in [-0.25, -0.2) is 10.2 Å². The molecule has 5 aromatic rings. The number of amides is 1. The van der Waals surface area contributed by atoms with Crippen LogP contribution in [-0.2, 0) is 0 Å². The van der Waals surface area contributed by atoms with Gasteiger partial charge in [0.25, 0.3) is 5.91 Å². The predicted molar refractivity (Wildman–Crippen MR) is 146 cm³/mol. The highest BCUT2D eigenvalue weighted by molar-refractivity contribution is 6.31. The van der Waals surface area contributed by atoms with Crippen LogP contribution in [0.4, 0.5) is 0 Å². The van der Waals surface area contributed by atoms with Crippen LogP contribution in [0.1, 0.15) is 32.0 Å². The number of H-pyrrole nitrogens is 1. The van der Waals surface area contributed by atoms with Crippen molar-refractivity contribution in [2.75, 3.05) is 0 Å². The number of hydrazone groups is 1. The number of rotatable bonds is 6. The number of aromatic amines is 1. The summed E-state index contributed by atoms with van der Waals surface area (Å²) in [7, 11) is 0. The fraction of sp³-hybridized carbons (Fsp3) is 0.0333. The summed E-state index contributed by atoms with van der Waals surface area (Å²) in [6.07, 6.45) is 1.44. The molecule has 0 bridgehead atoms. The van der Waals surface area contributed by atoms with E-state index < -0.39 is 11.9 Å². The number of hydrogen-bond donors (Lipinski definition) is 2. The minimum absolute atomic E-state index is 0.330. The average Bonchev–Trinajstić information content (AvgIpc) is 3.29. The lowest BCUT2D eigenvalue weighted by Gasteiger charge is -2.08. The second kappa shape index (κ2) is 10.5. The van der Waals surface area contributed by atoms with E-state index in [1.165, 1.54) is 6.21 Å². The maximum atomic E-state index is 13.2. The van der Waals surface area contributed by atoms with Crippen LogP contribution >= 0.6 is 11.6 Å². The summed E-state index contributed by atoms with van der Waals surface area (Å²) in [4.78, 5) is 28.9. The number of nitrogens with one attached hydrogen (secondary N) is 2. The molecule has 0 aliphatic rings. The summed E-state index contributed by atoms with van der Waals surface area (Å²) in [5, 5.41) is 5.54. The van der Waals surface area contributed by atoms with E-state index in [-0.39, 0.29) is 0 Å². The number of nitrogens with zero attached hydrogens (tertiary/aromatic N) is 1. The van der Waals surface area contributed by atoms with Gasteiger partial charge in [0.05, 0.1) is 11.8 Å². The molecule has 1 amide bonds. The first kappa shape index (κ1) is 24.0. The van der Waals surface area contributed by atoms with E-state index in [4.69, 9.17) is 16.3 Å². The molecular weight excluding hydrogens is 486 g/mol. The van der Waals surface area contributed by atoms with Crippen LogP contribution in [-0.4, -0.2) is 23.1 Å². The molecule has 1 aromatic heterocycles. The number of para-hydroxylation sites is 1. The molecule has 0 saturated heterocycles. The van der Waals surface area contributed by atoms with Crippen LogP contribution < -0.4 is 10.2 Å². The number of aryl methyl sites for hydroxylation is 1. The van der Waals surface area contributed by atoms with Crippen LogP contribution in [0.3, 0.4) is 0 Å². The number of fused-ring (bicyclic) bond motifs is 1. The van der Waals surface area contributed by atoms with E-state index in [9.17, 15) is 9.59 Å². The van der Waals surface area contributed by atoms with Crippen molar-refractivity contribution in [3.63, 3.8) is 0 Å². The van der Waals surface area contributed by atoms with E-state index >= 15 is 0 Å². The van der Waals surface area contributed by atoms with Gasteiger partial charge in [0.15, 0.2) is 0 Å². The lowest BCUT2D eigenvalue weighted by molar-refractivity contribution is 0.0734. The van der Waals surface area contributed by atoms with Crippen molar-refractivity contribution in [2.45, 2.75) is 6.92 Å². The molecule has 0 saturated carbocycles. The smallest absolute Gasteiger partial charge is 0.343 e. The van der Waals surface area contributed by atoms with Gasteiger partial charge in [0.2, 0.25) is 0 Å². The van der Waals surface area contributed by atoms with Crippen LogP contribution in [0.5, 0.6) is 5.75 Å². The first-order valence-electron chi connectivity index (χ1n) is 11.6. The molecule has 0 aliphatic heterocycles. The molecule has 0 aliphatic carbocycles.